The van der Waals surface area contributed by atoms with Crippen molar-refractivity contribution in [2.45, 2.75) is 26.8 Å². The van der Waals surface area contributed by atoms with E-state index in [1.165, 1.54) is 0 Å². The highest BCUT2D eigenvalue weighted by Gasteiger charge is 2.02. The number of benzene rings is 1. The lowest BCUT2D eigenvalue weighted by Gasteiger charge is -2.12. The van der Waals surface area contributed by atoms with Crippen LogP contribution in [-0.4, -0.2) is 12.6 Å². The zero-order chi connectivity index (χ0) is 10.6. The van der Waals surface area contributed by atoms with Crippen molar-refractivity contribution in [3.8, 4) is 5.75 Å². The van der Waals surface area contributed by atoms with Gasteiger partial charge < -0.3 is 10.1 Å². The Bertz CT molecular complexity index is 299. The maximum Gasteiger partial charge on any atom is 0.138 e. The summed E-state index contributed by atoms with van der Waals surface area (Å²) in [7, 11) is 0. The van der Waals surface area contributed by atoms with Gasteiger partial charge in [-0.15, -0.1) is 0 Å². The minimum atomic E-state index is 0.406. The first-order chi connectivity index (χ1) is 6.63. The van der Waals surface area contributed by atoms with E-state index in [2.05, 4.69) is 19.2 Å². The van der Waals surface area contributed by atoms with Crippen LogP contribution in [0.3, 0.4) is 0 Å². The SMILES string of the molecule is CCOc1ccc(NC(C)C)cc1Cl. The fraction of sp³-hybridized carbons (Fsp3) is 0.455. The predicted molar refractivity (Wildman–Crippen MR) is 61.4 cm³/mol. The molecule has 78 valence electrons. The van der Waals surface area contributed by atoms with E-state index in [1.54, 1.807) is 0 Å². The van der Waals surface area contributed by atoms with E-state index < -0.39 is 0 Å². The highest BCUT2D eigenvalue weighted by Crippen LogP contribution is 2.27. The van der Waals surface area contributed by atoms with Crippen molar-refractivity contribution in [1.29, 1.82) is 0 Å². The van der Waals surface area contributed by atoms with Crippen LogP contribution >= 0.6 is 11.6 Å². The van der Waals surface area contributed by atoms with Gasteiger partial charge in [-0.1, -0.05) is 11.6 Å². The van der Waals surface area contributed by atoms with Gasteiger partial charge in [-0.2, -0.15) is 0 Å². The lowest BCUT2D eigenvalue weighted by Crippen LogP contribution is -2.09. The molecule has 0 fully saturated rings. The summed E-state index contributed by atoms with van der Waals surface area (Å²) in [6.07, 6.45) is 0. The van der Waals surface area contributed by atoms with Crippen molar-refractivity contribution in [2.24, 2.45) is 0 Å². The van der Waals surface area contributed by atoms with E-state index in [9.17, 15) is 0 Å². The maximum atomic E-state index is 6.03. The highest BCUT2D eigenvalue weighted by molar-refractivity contribution is 6.32. The van der Waals surface area contributed by atoms with Gasteiger partial charge in [0.15, 0.2) is 0 Å². The lowest BCUT2D eigenvalue weighted by molar-refractivity contribution is 0.340. The molecule has 0 spiro atoms. The first-order valence-electron chi connectivity index (χ1n) is 4.82. The number of rotatable bonds is 4. The lowest BCUT2D eigenvalue weighted by atomic mass is 10.2. The summed E-state index contributed by atoms with van der Waals surface area (Å²) in [4.78, 5) is 0. The summed E-state index contributed by atoms with van der Waals surface area (Å²) in [6, 6.07) is 6.14. The van der Waals surface area contributed by atoms with Gasteiger partial charge in [-0.3, -0.25) is 0 Å². The molecule has 0 radical (unpaired) electrons. The summed E-state index contributed by atoms with van der Waals surface area (Å²) in [5.41, 5.74) is 1.02. The zero-order valence-corrected chi connectivity index (χ0v) is 9.56. The molecule has 0 aromatic heterocycles. The molecule has 0 aliphatic heterocycles. The molecule has 0 bridgehead atoms. The highest BCUT2D eigenvalue weighted by atomic mass is 35.5. The van der Waals surface area contributed by atoms with Crippen LogP contribution in [0.15, 0.2) is 18.2 Å². The fourth-order valence-electron chi connectivity index (χ4n) is 1.20. The molecule has 0 aliphatic rings. The van der Waals surface area contributed by atoms with Crippen molar-refractivity contribution < 1.29 is 4.74 Å². The van der Waals surface area contributed by atoms with Gasteiger partial charge in [0.2, 0.25) is 0 Å². The number of ether oxygens (including phenoxy) is 1. The average Bonchev–Trinajstić information content (AvgIpc) is 2.09. The van der Waals surface area contributed by atoms with Crippen molar-refractivity contribution in [3.63, 3.8) is 0 Å². The standard InChI is InChI=1S/C11H16ClNO/c1-4-14-11-6-5-9(7-10(11)12)13-8(2)3/h5-8,13H,4H2,1-3H3. The number of hydrogen-bond donors (Lipinski definition) is 1. The van der Waals surface area contributed by atoms with Crippen molar-refractivity contribution >= 4 is 17.3 Å². The molecule has 0 saturated heterocycles. The van der Waals surface area contributed by atoms with E-state index in [0.29, 0.717) is 17.7 Å². The fourth-order valence-corrected chi connectivity index (χ4v) is 1.43. The largest absolute Gasteiger partial charge is 0.492 e. The molecule has 0 atom stereocenters. The second-order valence-electron chi connectivity index (χ2n) is 3.38. The summed E-state index contributed by atoms with van der Waals surface area (Å²) in [5, 5.41) is 3.93. The molecule has 0 amide bonds. The maximum absolute atomic E-state index is 6.03. The third-order valence-corrected chi connectivity index (χ3v) is 1.98. The predicted octanol–water partition coefficient (Wildman–Crippen LogP) is 3.56. The molecular formula is C11H16ClNO. The van der Waals surface area contributed by atoms with Gasteiger partial charge in [-0.25, -0.2) is 0 Å². The number of anilines is 1. The van der Waals surface area contributed by atoms with Gasteiger partial charge in [0.05, 0.1) is 11.6 Å². The third kappa shape index (κ3) is 3.11. The van der Waals surface area contributed by atoms with E-state index in [4.69, 9.17) is 16.3 Å². The molecule has 0 unspecified atom stereocenters. The molecule has 1 rings (SSSR count). The van der Waals surface area contributed by atoms with E-state index in [1.807, 2.05) is 25.1 Å². The molecule has 1 aromatic rings. The van der Waals surface area contributed by atoms with Gasteiger partial charge in [-0.05, 0) is 39.0 Å². The van der Waals surface area contributed by atoms with Crippen molar-refractivity contribution in [2.75, 3.05) is 11.9 Å². The second kappa shape index (κ2) is 5.11. The van der Waals surface area contributed by atoms with E-state index in [-0.39, 0.29) is 0 Å². The number of hydrogen-bond acceptors (Lipinski definition) is 2. The molecule has 2 nitrogen and oxygen atoms in total. The van der Waals surface area contributed by atoms with Gasteiger partial charge >= 0.3 is 0 Å². The van der Waals surface area contributed by atoms with E-state index in [0.717, 1.165) is 11.4 Å². The first kappa shape index (κ1) is 11.2. The first-order valence-corrected chi connectivity index (χ1v) is 5.20. The smallest absolute Gasteiger partial charge is 0.138 e. The van der Waals surface area contributed by atoms with Gasteiger partial charge in [0.25, 0.3) is 0 Å². The van der Waals surface area contributed by atoms with Crippen molar-refractivity contribution in [1.82, 2.24) is 0 Å². The molecule has 0 saturated carbocycles. The third-order valence-electron chi connectivity index (χ3n) is 1.69. The Labute approximate surface area is 90.2 Å². The Morgan fingerprint density at radius 1 is 1.43 bits per heavy atom. The van der Waals surface area contributed by atoms with Crippen LogP contribution in [0.1, 0.15) is 20.8 Å². The molecular weight excluding hydrogens is 198 g/mol. The second-order valence-corrected chi connectivity index (χ2v) is 3.78. The Morgan fingerprint density at radius 2 is 2.14 bits per heavy atom. The van der Waals surface area contributed by atoms with Crippen LogP contribution < -0.4 is 10.1 Å². The Hall–Kier alpha value is -0.890. The minimum Gasteiger partial charge on any atom is -0.492 e. The molecule has 1 aromatic carbocycles. The molecule has 3 heteroatoms. The summed E-state index contributed by atoms with van der Waals surface area (Å²) in [6.45, 7) is 6.75. The normalized spacial score (nSPS) is 10.4. The zero-order valence-electron chi connectivity index (χ0n) is 8.80. The number of halogens is 1. The molecule has 0 heterocycles. The minimum absolute atomic E-state index is 0.406. The van der Waals surface area contributed by atoms with Gasteiger partial charge in [0.1, 0.15) is 5.75 Å². The molecule has 14 heavy (non-hydrogen) atoms. The Morgan fingerprint density at radius 3 is 2.64 bits per heavy atom. The average molecular weight is 214 g/mol. The Kier molecular flexibility index (Phi) is 4.08. The van der Waals surface area contributed by atoms with Crippen LogP contribution in [0, 0.1) is 0 Å². The van der Waals surface area contributed by atoms with E-state index >= 15 is 0 Å². The van der Waals surface area contributed by atoms with Crippen LogP contribution in [-0.2, 0) is 0 Å². The van der Waals surface area contributed by atoms with Crippen LogP contribution in [0.2, 0.25) is 5.02 Å². The Balaban J connectivity index is 2.78. The number of nitrogens with one attached hydrogen (secondary N) is 1. The van der Waals surface area contributed by atoms with Crippen molar-refractivity contribution in [3.05, 3.63) is 23.2 Å². The molecule has 1 N–H and O–H groups in total. The summed E-state index contributed by atoms with van der Waals surface area (Å²) >= 11 is 6.03. The van der Waals surface area contributed by atoms with Gasteiger partial charge in [0, 0.05) is 11.7 Å². The monoisotopic (exact) mass is 213 g/mol. The summed E-state index contributed by atoms with van der Waals surface area (Å²) in [5.74, 6) is 0.739. The topological polar surface area (TPSA) is 21.3 Å². The quantitative estimate of drug-likeness (QED) is 0.826. The molecule has 0 aliphatic carbocycles. The van der Waals surface area contributed by atoms with Crippen LogP contribution in [0.25, 0.3) is 0 Å². The van der Waals surface area contributed by atoms with Crippen LogP contribution in [0.5, 0.6) is 5.75 Å². The summed E-state index contributed by atoms with van der Waals surface area (Å²) < 4.78 is 5.34. The van der Waals surface area contributed by atoms with Crippen LogP contribution in [0.4, 0.5) is 5.69 Å².